The number of amides is 1. The molecular weight excluding hydrogens is 464 g/mol. The second-order valence-electron chi connectivity index (χ2n) is 9.68. The van der Waals surface area contributed by atoms with Crippen LogP contribution in [-0.4, -0.2) is 39.5 Å². The van der Waals surface area contributed by atoms with E-state index in [-0.39, 0.29) is 17.5 Å². The van der Waals surface area contributed by atoms with E-state index in [4.69, 9.17) is 0 Å². The van der Waals surface area contributed by atoms with Crippen LogP contribution in [0.5, 0.6) is 0 Å². The highest BCUT2D eigenvalue weighted by molar-refractivity contribution is 5.95. The summed E-state index contributed by atoms with van der Waals surface area (Å²) in [5, 5.41) is 9.63. The van der Waals surface area contributed by atoms with E-state index in [1.807, 2.05) is 41.3 Å². The van der Waals surface area contributed by atoms with Crippen LogP contribution in [0.4, 0.5) is 0 Å². The zero-order chi connectivity index (χ0) is 25.9. The van der Waals surface area contributed by atoms with Crippen molar-refractivity contribution in [1.29, 1.82) is 0 Å². The lowest BCUT2D eigenvalue weighted by molar-refractivity contribution is 0.0693. The molecule has 5 rings (SSSR count). The quantitative estimate of drug-likeness (QED) is 0.345. The molecule has 0 radical (unpaired) electrons. The number of carbonyl (C=O) groups excluding carboxylic acids is 1. The van der Waals surface area contributed by atoms with Gasteiger partial charge in [-0.3, -0.25) is 9.59 Å². The highest BCUT2D eigenvalue weighted by Crippen LogP contribution is 2.26. The molecule has 37 heavy (non-hydrogen) atoms. The van der Waals surface area contributed by atoms with Crippen molar-refractivity contribution in [2.45, 2.75) is 45.1 Å². The Hall–Kier alpha value is -4.19. The molecule has 1 atom stereocenters. The van der Waals surface area contributed by atoms with Crippen molar-refractivity contribution in [2.24, 2.45) is 0 Å². The first-order chi connectivity index (χ1) is 17.9. The average Bonchev–Trinajstić information content (AvgIpc) is 3.40. The first-order valence-corrected chi connectivity index (χ1v) is 12.8. The van der Waals surface area contributed by atoms with Crippen molar-refractivity contribution >= 4 is 22.8 Å². The number of H-pyrrole nitrogens is 1. The molecule has 0 aliphatic carbocycles. The zero-order valence-corrected chi connectivity index (χ0v) is 20.9. The van der Waals surface area contributed by atoms with Gasteiger partial charge in [0.05, 0.1) is 0 Å². The second-order valence-corrected chi connectivity index (χ2v) is 9.68. The molecule has 188 valence electrons. The molecule has 6 heteroatoms. The van der Waals surface area contributed by atoms with Gasteiger partial charge in [0.25, 0.3) is 5.91 Å². The van der Waals surface area contributed by atoms with Gasteiger partial charge in [-0.05, 0) is 78.6 Å². The van der Waals surface area contributed by atoms with Crippen LogP contribution in [0.1, 0.15) is 58.0 Å². The second kappa shape index (κ2) is 10.4. The van der Waals surface area contributed by atoms with Crippen LogP contribution < -0.4 is 5.43 Å². The maximum Gasteiger partial charge on any atom is 0.341 e. The van der Waals surface area contributed by atoms with Gasteiger partial charge in [0.2, 0.25) is 5.43 Å². The molecular formula is C31H30N2O4. The fraction of sp³-hybridized carbons (Fsp3) is 0.258. The van der Waals surface area contributed by atoms with Crippen molar-refractivity contribution < 1.29 is 14.7 Å². The number of carboxylic acid groups (broad SMARTS) is 1. The SMILES string of the molecule is CCc1ccc(-c2ccc(C(=O)N3CCCC3CCc3ccc4[nH]cc(C(=O)O)c(=O)c4c3)cc2)cc1. The number of carboxylic acids is 1. The number of nitrogens with one attached hydrogen (secondary N) is 1. The van der Waals surface area contributed by atoms with E-state index in [9.17, 15) is 19.5 Å². The van der Waals surface area contributed by atoms with Crippen molar-refractivity contribution in [2.75, 3.05) is 6.54 Å². The lowest BCUT2D eigenvalue weighted by Crippen LogP contribution is -2.35. The summed E-state index contributed by atoms with van der Waals surface area (Å²) in [7, 11) is 0. The Morgan fingerprint density at radius 2 is 1.65 bits per heavy atom. The van der Waals surface area contributed by atoms with E-state index in [1.54, 1.807) is 6.07 Å². The van der Waals surface area contributed by atoms with Crippen LogP contribution in [0.25, 0.3) is 22.0 Å². The van der Waals surface area contributed by atoms with Gasteiger partial charge in [0.1, 0.15) is 5.56 Å². The lowest BCUT2D eigenvalue weighted by atomic mass is 10.00. The number of aryl methyl sites for hydroxylation is 2. The molecule has 1 saturated heterocycles. The summed E-state index contributed by atoms with van der Waals surface area (Å²) in [6, 6.07) is 22.0. The lowest BCUT2D eigenvalue weighted by Gasteiger charge is -2.25. The highest BCUT2D eigenvalue weighted by Gasteiger charge is 2.29. The van der Waals surface area contributed by atoms with Gasteiger partial charge in [-0.1, -0.05) is 49.4 Å². The number of hydrogen-bond donors (Lipinski definition) is 2. The van der Waals surface area contributed by atoms with Crippen LogP contribution in [0.3, 0.4) is 0 Å². The minimum atomic E-state index is -1.24. The first-order valence-electron chi connectivity index (χ1n) is 12.8. The molecule has 1 fully saturated rings. The van der Waals surface area contributed by atoms with Gasteiger partial charge in [-0.15, -0.1) is 0 Å². The van der Waals surface area contributed by atoms with Crippen LogP contribution in [0.15, 0.2) is 77.7 Å². The van der Waals surface area contributed by atoms with Gasteiger partial charge >= 0.3 is 5.97 Å². The number of aromatic carboxylic acids is 1. The number of fused-ring (bicyclic) bond motifs is 1. The number of likely N-dealkylation sites (tertiary alicyclic amines) is 1. The predicted octanol–water partition coefficient (Wildman–Crippen LogP) is 5.69. The molecule has 1 unspecified atom stereocenters. The van der Waals surface area contributed by atoms with Crippen LogP contribution >= 0.6 is 0 Å². The number of rotatable bonds is 7. The Kier molecular flexibility index (Phi) is 6.91. The number of hydrogen-bond acceptors (Lipinski definition) is 3. The van der Waals surface area contributed by atoms with Gasteiger partial charge in [0, 0.05) is 35.2 Å². The molecule has 1 aliphatic heterocycles. The summed E-state index contributed by atoms with van der Waals surface area (Å²) < 4.78 is 0. The number of carbonyl (C=O) groups is 2. The van der Waals surface area contributed by atoms with Crippen molar-refractivity contribution in [3.05, 3.63) is 105 Å². The number of nitrogens with zero attached hydrogens (tertiary/aromatic N) is 1. The highest BCUT2D eigenvalue weighted by atomic mass is 16.4. The minimum Gasteiger partial charge on any atom is -0.477 e. The summed E-state index contributed by atoms with van der Waals surface area (Å²) in [6.07, 6.45) is 5.66. The first kappa shape index (κ1) is 24.5. The van der Waals surface area contributed by atoms with E-state index in [2.05, 4.69) is 36.2 Å². The van der Waals surface area contributed by atoms with Crippen LogP contribution in [-0.2, 0) is 12.8 Å². The van der Waals surface area contributed by atoms with Crippen LogP contribution in [0, 0.1) is 0 Å². The van der Waals surface area contributed by atoms with Crippen molar-refractivity contribution in [1.82, 2.24) is 9.88 Å². The van der Waals surface area contributed by atoms with Gasteiger partial charge in [0.15, 0.2) is 0 Å². The molecule has 2 heterocycles. The summed E-state index contributed by atoms with van der Waals surface area (Å²) in [5.41, 5.74) is 5.05. The number of benzene rings is 3. The number of aromatic amines is 1. The normalized spacial score (nSPS) is 15.3. The number of aromatic nitrogens is 1. The summed E-state index contributed by atoms with van der Waals surface area (Å²) >= 11 is 0. The maximum atomic E-state index is 13.3. The Bertz CT molecular complexity index is 1500. The molecule has 1 aromatic heterocycles. The molecule has 6 nitrogen and oxygen atoms in total. The molecule has 2 N–H and O–H groups in total. The van der Waals surface area contributed by atoms with Gasteiger partial charge in [-0.25, -0.2) is 4.79 Å². The van der Waals surface area contributed by atoms with E-state index in [0.29, 0.717) is 22.9 Å². The van der Waals surface area contributed by atoms with Gasteiger partial charge in [-0.2, -0.15) is 0 Å². The summed E-state index contributed by atoms with van der Waals surface area (Å²) in [5.74, 6) is -1.19. The molecule has 3 aromatic carbocycles. The van der Waals surface area contributed by atoms with E-state index in [1.165, 1.54) is 11.8 Å². The Balaban J connectivity index is 1.27. The topological polar surface area (TPSA) is 90.5 Å². The molecule has 0 bridgehead atoms. The Labute approximate surface area is 215 Å². The number of pyridine rings is 1. The summed E-state index contributed by atoms with van der Waals surface area (Å²) in [6.45, 7) is 2.88. The molecule has 1 aliphatic rings. The fourth-order valence-corrected chi connectivity index (χ4v) is 5.22. The molecule has 0 saturated carbocycles. The van der Waals surface area contributed by atoms with E-state index < -0.39 is 11.4 Å². The summed E-state index contributed by atoms with van der Waals surface area (Å²) in [4.78, 5) is 42.1. The third kappa shape index (κ3) is 5.05. The van der Waals surface area contributed by atoms with E-state index in [0.717, 1.165) is 48.9 Å². The standard InChI is InChI=1S/C31H30N2O4/c1-2-20-5-9-22(10-6-20)23-11-13-24(14-12-23)30(35)33-17-3-4-25(33)15-7-21-8-16-28-26(18-21)29(34)27(19-32-28)31(36)37/h5-6,8-14,16,18-19,25H,2-4,7,15,17H2,1H3,(H,32,34)(H,36,37). The molecule has 1 amide bonds. The molecule has 0 spiro atoms. The maximum absolute atomic E-state index is 13.3. The third-order valence-electron chi connectivity index (χ3n) is 7.41. The van der Waals surface area contributed by atoms with E-state index >= 15 is 0 Å². The molecule has 4 aromatic rings. The van der Waals surface area contributed by atoms with Crippen molar-refractivity contribution in [3.8, 4) is 11.1 Å². The minimum absolute atomic E-state index is 0.0523. The monoisotopic (exact) mass is 494 g/mol. The largest absolute Gasteiger partial charge is 0.477 e. The predicted molar refractivity (Wildman–Crippen MR) is 145 cm³/mol. The average molecular weight is 495 g/mol. The third-order valence-corrected chi connectivity index (χ3v) is 7.41. The zero-order valence-electron chi connectivity index (χ0n) is 20.9. The van der Waals surface area contributed by atoms with Gasteiger partial charge < -0.3 is 15.0 Å². The van der Waals surface area contributed by atoms with Crippen LogP contribution in [0.2, 0.25) is 0 Å². The fourth-order valence-electron chi connectivity index (χ4n) is 5.22. The Morgan fingerprint density at radius 3 is 2.32 bits per heavy atom. The van der Waals surface area contributed by atoms with Crippen molar-refractivity contribution in [3.63, 3.8) is 0 Å². The smallest absolute Gasteiger partial charge is 0.341 e. The Morgan fingerprint density at radius 1 is 0.973 bits per heavy atom.